The van der Waals surface area contributed by atoms with Gasteiger partial charge in [0.15, 0.2) is 0 Å². The molecule has 4 heteroatoms. The summed E-state index contributed by atoms with van der Waals surface area (Å²) in [7, 11) is 3.56. The first kappa shape index (κ1) is 13.5. The molecular weight excluding hydrogens is 204 g/mol. The molecule has 0 aromatic heterocycles. The predicted molar refractivity (Wildman–Crippen MR) is 64.4 cm³/mol. The third kappa shape index (κ3) is 3.19. The standard InChI is InChI=1S/C12H24N2O2/c1-4-6-10(9-16-3)14-8-5-7-11(13-2)12(14)15/h10-11,13H,4-9H2,1-3H3. The molecule has 4 nitrogen and oxygen atoms in total. The monoisotopic (exact) mass is 228 g/mol. The summed E-state index contributed by atoms with van der Waals surface area (Å²) < 4.78 is 5.21. The van der Waals surface area contributed by atoms with Crippen LogP contribution in [0, 0.1) is 0 Å². The molecule has 0 bridgehead atoms. The van der Waals surface area contributed by atoms with Crippen molar-refractivity contribution >= 4 is 5.91 Å². The second-order valence-electron chi connectivity index (χ2n) is 4.41. The molecule has 0 aliphatic carbocycles. The highest BCUT2D eigenvalue weighted by Gasteiger charge is 2.31. The van der Waals surface area contributed by atoms with E-state index in [1.54, 1.807) is 7.11 Å². The minimum Gasteiger partial charge on any atom is -0.383 e. The molecule has 94 valence electrons. The van der Waals surface area contributed by atoms with Crippen molar-refractivity contribution in [3.8, 4) is 0 Å². The Balaban J connectivity index is 2.63. The van der Waals surface area contributed by atoms with Crippen molar-refractivity contribution in [1.82, 2.24) is 10.2 Å². The Morgan fingerprint density at radius 3 is 2.94 bits per heavy atom. The van der Waals surface area contributed by atoms with Gasteiger partial charge in [-0.05, 0) is 26.3 Å². The van der Waals surface area contributed by atoms with E-state index in [1.165, 1.54) is 0 Å². The van der Waals surface area contributed by atoms with Gasteiger partial charge in [-0.15, -0.1) is 0 Å². The van der Waals surface area contributed by atoms with Gasteiger partial charge in [0.25, 0.3) is 0 Å². The number of carbonyl (C=O) groups excluding carboxylic acids is 1. The smallest absolute Gasteiger partial charge is 0.240 e. The van der Waals surface area contributed by atoms with E-state index in [-0.39, 0.29) is 18.0 Å². The number of hydrogen-bond acceptors (Lipinski definition) is 3. The molecule has 0 radical (unpaired) electrons. The zero-order valence-corrected chi connectivity index (χ0v) is 10.7. The van der Waals surface area contributed by atoms with Gasteiger partial charge in [-0.3, -0.25) is 4.79 Å². The maximum absolute atomic E-state index is 12.2. The molecule has 1 rings (SSSR count). The van der Waals surface area contributed by atoms with Gasteiger partial charge in [-0.1, -0.05) is 13.3 Å². The van der Waals surface area contributed by atoms with Crippen molar-refractivity contribution in [2.24, 2.45) is 0 Å². The van der Waals surface area contributed by atoms with E-state index in [1.807, 2.05) is 11.9 Å². The molecule has 1 saturated heterocycles. The molecule has 2 atom stereocenters. The zero-order valence-electron chi connectivity index (χ0n) is 10.7. The van der Waals surface area contributed by atoms with Crippen molar-refractivity contribution in [3.05, 3.63) is 0 Å². The average molecular weight is 228 g/mol. The summed E-state index contributed by atoms with van der Waals surface area (Å²) >= 11 is 0. The first-order valence-corrected chi connectivity index (χ1v) is 6.21. The summed E-state index contributed by atoms with van der Waals surface area (Å²) in [5, 5.41) is 3.09. The average Bonchev–Trinajstić information content (AvgIpc) is 2.29. The molecule has 1 amide bonds. The van der Waals surface area contributed by atoms with Gasteiger partial charge in [0, 0.05) is 13.7 Å². The van der Waals surface area contributed by atoms with Crippen molar-refractivity contribution < 1.29 is 9.53 Å². The predicted octanol–water partition coefficient (Wildman–Crippen LogP) is 1.01. The maximum Gasteiger partial charge on any atom is 0.240 e. The van der Waals surface area contributed by atoms with Crippen molar-refractivity contribution in [1.29, 1.82) is 0 Å². The fourth-order valence-corrected chi connectivity index (χ4v) is 2.38. The summed E-state index contributed by atoms with van der Waals surface area (Å²) in [6.45, 7) is 3.67. The summed E-state index contributed by atoms with van der Waals surface area (Å²) in [5.41, 5.74) is 0. The fourth-order valence-electron chi connectivity index (χ4n) is 2.38. The Labute approximate surface area is 98.3 Å². The molecular formula is C12H24N2O2. The van der Waals surface area contributed by atoms with E-state index in [2.05, 4.69) is 12.2 Å². The lowest BCUT2D eigenvalue weighted by Crippen LogP contribution is -2.54. The van der Waals surface area contributed by atoms with E-state index in [0.29, 0.717) is 6.61 Å². The fraction of sp³-hybridized carbons (Fsp3) is 0.917. The molecule has 0 spiro atoms. The second-order valence-corrected chi connectivity index (χ2v) is 4.41. The number of nitrogens with one attached hydrogen (secondary N) is 1. The van der Waals surface area contributed by atoms with Gasteiger partial charge >= 0.3 is 0 Å². The normalized spacial score (nSPS) is 23.6. The van der Waals surface area contributed by atoms with Gasteiger partial charge in [0.1, 0.15) is 0 Å². The first-order chi connectivity index (χ1) is 7.74. The molecule has 2 unspecified atom stereocenters. The van der Waals surface area contributed by atoms with Crippen LogP contribution in [-0.4, -0.2) is 50.2 Å². The van der Waals surface area contributed by atoms with Crippen molar-refractivity contribution in [3.63, 3.8) is 0 Å². The third-order valence-corrected chi connectivity index (χ3v) is 3.24. The number of carbonyl (C=O) groups is 1. The molecule has 1 fully saturated rings. The highest BCUT2D eigenvalue weighted by Crippen LogP contribution is 2.17. The van der Waals surface area contributed by atoms with Crippen LogP contribution >= 0.6 is 0 Å². The highest BCUT2D eigenvalue weighted by molar-refractivity contribution is 5.82. The zero-order chi connectivity index (χ0) is 12.0. The lowest BCUT2D eigenvalue weighted by atomic mass is 10.0. The second kappa shape index (κ2) is 6.86. The molecule has 0 saturated carbocycles. The number of nitrogens with zero attached hydrogens (tertiary/aromatic N) is 1. The third-order valence-electron chi connectivity index (χ3n) is 3.24. The number of methoxy groups -OCH3 is 1. The number of hydrogen-bond donors (Lipinski definition) is 1. The molecule has 1 aliphatic heterocycles. The van der Waals surface area contributed by atoms with Crippen molar-refractivity contribution in [2.45, 2.75) is 44.7 Å². The minimum atomic E-state index is 0.00459. The van der Waals surface area contributed by atoms with E-state index in [9.17, 15) is 4.79 Å². The van der Waals surface area contributed by atoms with Gasteiger partial charge < -0.3 is 15.0 Å². The van der Waals surface area contributed by atoms with Crippen LogP contribution in [0.4, 0.5) is 0 Å². The van der Waals surface area contributed by atoms with E-state index in [4.69, 9.17) is 4.74 Å². The molecule has 16 heavy (non-hydrogen) atoms. The van der Waals surface area contributed by atoms with Crippen LogP contribution in [0.15, 0.2) is 0 Å². The number of piperidine rings is 1. The maximum atomic E-state index is 12.2. The molecule has 1 heterocycles. The summed E-state index contributed by atoms with van der Waals surface area (Å²) in [5.74, 6) is 0.240. The van der Waals surface area contributed by atoms with Crippen LogP contribution in [0.2, 0.25) is 0 Å². The van der Waals surface area contributed by atoms with Gasteiger partial charge in [0.05, 0.1) is 18.7 Å². The molecule has 1 N–H and O–H groups in total. The molecule has 0 aromatic rings. The topological polar surface area (TPSA) is 41.6 Å². The highest BCUT2D eigenvalue weighted by atomic mass is 16.5. The SMILES string of the molecule is CCCC(COC)N1CCCC(NC)C1=O. The first-order valence-electron chi connectivity index (χ1n) is 6.21. The van der Waals surface area contributed by atoms with Crippen LogP contribution in [0.1, 0.15) is 32.6 Å². The van der Waals surface area contributed by atoms with Gasteiger partial charge in [-0.2, -0.15) is 0 Å². The van der Waals surface area contributed by atoms with Gasteiger partial charge in [0.2, 0.25) is 5.91 Å². The van der Waals surface area contributed by atoms with Gasteiger partial charge in [-0.25, -0.2) is 0 Å². The largest absolute Gasteiger partial charge is 0.383 e. The number of likely N-dealkylation sites (N-methyl/N-ethyl adjacent to an activating group) is 1. The van der Waals surface area contributed by atoms with Crippen LogP contribution in [0.3, 0.4) is 0 Å². The van der Waals surface area contributed by atoms with Crippen LogP contribution in [0.25, 0.3) is 0 Å². The lowest BCUT2D eigenvalue weighted by molar-refractivity contribution is -0.139. The summed E-state index contributed by atoms with van der Waals surface area (Å²) in [4.78, 5) is 14.2. The Morgan fingerprint density at radius 1 is 1.62 bits per heavy atom. The number of ether oxygens (including phenoxy) is 1. The van der Waals surface area contributed by atoms with Crippen LogP contribution in [-0.2, 0) is 9.53 Å². The molecule has 1 aliphatic rings. The van der Waals surface area contributed by atoms with Crippen LogP contribution in [0.5, 0.6) is 0 Å². The van der Waals surface area contributed by atoms with Crippen LogP contribution < -0.4 is 5.32 Å². The van der Waals surface area contributed by atoms with E-state index < -0.39 is 0 Å². The minimum absolute atomic E-state index is 0.00459. The van der Waals surface area contributed by atoms with E-state index >= 15 is 0 Å². The Morgan fingerprint density at radius 2 is 2.38 bits per heavy atom. The Kier molecular flexibility index (Phi) is 5.77. The summed E-state index contributed by atoms with van der Waals surface area (Å²) in [6, 6.07) is 0.253. The Hall–Kier alpha value is -0.610. The lowest BCUT2D eigenvalue weighted by Gasteiger charge is -2.37. The summed E-state index contributed by atoms with van der Waals surface area (Å²) in [6.07, 6.45) is 4.15. The quantitative estimate of drug-likeness (QED) is 0.738. The number of likely N-dealkylation sites (tertiary alicyclic amines) is 1. The van der Waals surface area contributed by atoms with Crippen molar-refractivity contribution in [2.75, 3.05) is 27.3 Å². The van der Waals surface area contributed by atoms with E-state index in [0.717, 1.165) is 32.2 Å². The number of rotatable bonds is 6. The Bertz CT molecular complexity index is 215. The molecule has 0 aromatic carbocycles. The number of amides is 1.